The summed E-state index contributed by atoms with van der Waals surface area (Å²) in [5.41, 5.74) is 2.00. The van der Waals surface area contributed by atoms with Crippen LogP contribution in [0.3, 0.4) is 0 Å². The van der Waals surface area contributed by atoms with Crippen molar-refractivity contribution in [2.24, 2.45) is 0 Å². The average molecular weight is 267 g/mol. The summed E-state index contributed by atoms with van der Waals surface area (Å²) in [6.45, 7) is 3.73. The van der Waals surface area contributed by atoms with Gasteiger partial charge in [0.1, 0.15) is 0 Å². The van der Waals surface area contributed by atoms with Crippen molar-refractivity contribution in [3.8, 4) is 0 Å². The number of nitrogens with one attached hydrogen (secondary N) is 1. The molecule has 1 aliphatic rings. The Morgan fingerprint density at radius 1 is 1.22 bits per heavy atom. The Kier molecular flexibility index (Phi) is 4.40. The molecule has 100 valence electrons. The predicted octanol–water partition coefficient (Wildman–Crippen LogP) is 2.05. The van der Waals surface area contributed by atoms with Gasteiger partial charge in [0.25, 0.3) is 0 Å². The summed E-state index contributed by atoms with van der Waals surface area (Å²) in [4.78, 5) is 0. The molecule has 0 aliphatic carbocycles. The standard InChI is InChI=1S/C14H21NO2S/c1-12-5-2-3-6-13(12)11-18(16,17)14-7-4-9-15-10-8-14/h2-3,5-6,14-15H,4,7-11H2,1H3. The minimum Gasteiger partial charge on any atom is -0.317 e. The third-order valence-corrected chi connectivity index (χ3v) is 5.85. The molecule has 3 nitrogen and oxygen atoms in total. The third kappa shape index (κ3) is 3.33. The molecule has 1 aromatic carbocycles. The van der Waals surface area contributed by atoms with Gasteiger partial charge in [0.15, 0.2) is 9.84 Å². The van der Waals surface area contributed by atoms with E-state index < -0.39 is 9.84 Å². The van der Waals surface area contributed by atoms with Gasteiger partial charge in [-0.3, -0.25) is 0 Å². The summed E-state index contributed by atoms with van der Waals surface area (Å²) in [5.74, 6) is 0.185. The summed E-state index contributed by atoms with van der Waals surface area (Å²) >= 11 is 0. The van der Waals surface area contributed by atoms with Gasteiger partial charge in [-0.1, -0.05) is 24.3 Å². The normalized spacial score (nSPS) is 21.5. The first-order chi connectivity index (χ1) is 8.59. The van der Waals surface area contributed by atoms with Crippen LogP contribution >= 0.6 is 0 Å². The Bertz CT molecular complexity index is 488. The van der Waals surface area contributed by atoms with Crippen LogP contribution in [0.15, 0.2) is 24.3 Å². The largest absolute Gasteiger partial charge is 0.317 e. The number of rotatable bonds is 3. The number of aryl methyl sites for hydroxylation is 1. The summed E-state index contributed by atoms with van der Waals surface area (Å²) in [6, 6.07) is 7.74. The molecule has 0 bridgehead atoms. The molecule has 1 aromatic rings. The van der Waals surface area contributed by atoms with Crippen LogP contribution in [0.4, 0.5) is 0 Å². The van der Waals surface area contributed by atoms with Crippen LogP contribution in [0.1, 0.15) is 30.4 Å². The van der Waals surface area contributed by atoms with Gasteiger partial charge in [-0.15, -0.1) is 0 Å². The summed E-state index contributed by atoms with van der Waals surface area (Å²) in [5, 5.41) is 3.09. The first kappa shape index (κ1) is 13.6. The molecule has 1 heterocycles. The van der Waals surface area contributed by atoms with E-state index in [2.05, 4.69) is 5.32 Å². The smallest absolute Gasteiger partial charge is 0.157 e. The van der Waals surface area contributed by atoms with Gasteiger partial charge in [0.2, 0.25) is 0 Å². The van der Waals surface area contributed by atoms with Gasteiger partial charge in [-0.25, -0.2) is 8.42 Å². The predicted molar refractivity (Wildman–Crippen MR) is 74.3 cm³/mol. The van der Waals surface area contributed by atoms with Crippen LogP contribution in [0.25, 0.3) is 0 Å². The van der Waals surface area contributed by atoms with E-state index in [0.717, 1.165) is 43.5 Å². The Labute approximate surface area is 110 Å². The van der Waals surface area contributed by atoms with Crippen LogP contribution < -0.4 is 5.32 Å². The highest BCUT2D eigenvalue weighted by Crippen LogP contribution is 2.20. The molecule has 0 aromatic heterocycles. The molecular weight excluding hydrogens is 246 g/mol. The number of sulfone groups is 1. The third-order valence-electron chi connectivity index (χ3n) is 3.65. The highest BCUT2D eigenvalue weighted by molar-refractivity contribution is 7.91. The molecule has 1 unspecified atom stereocenters. The molecular formula is C14H21NO2S. The quantitative estimate of drug-likeness (QED) is 0.911. The summed E-state index contributed by atoms with van der Waals surface area (Å²) in [6.07, 6.45) is 2.49. The molecule has 18 heavy (non-hydrogen) atoms. The Balaban J connectivity index is 2.13. The van der Waals surface area contributed by atoms with Gasteiger partial charge < -0.3 is 5.32 Å². The fourth-order valence-corrected chi connectivity index (χ4v) is 4.45. The van der Waals surface area contributed by atoms with Crippen LogP contribution in [0.2, 0.25) is 0 Å². The first-order valence-corrected chi connectivity index (χ1v) is 8.28. The average Bonchev–Trinajstić information content (AvgIpc) is 2.61. The fraction of sp³-hybridized carbons (Fsp3) is 0.571. The molecule has 1 aliphatic heterocycles. The fourth-order valence-electron chi connectivity index (χ4n) is 2.45. The van der Waals surface area contributed by atoms with Crippen molar-refractivity contribution < 1.29 is 8.42 Å². The molecule has 1 fully saturated rings. The van der Waals surface area contributed by atoms with E-state index in [-0.39, 0.29) is 11.0 Å². The maximum Gasteiger partial charge on any atom is 0.157 e. The molecule has 2 rings (SSSR count). The van der Waals surface area contributed by atoms with Crippen LogP contribution in [-0.2, 0) is 15.6 Å². The molecule has 0 radical (unpaired) electrons. The van der Waals surface area contributed by atoms with E-state index in [1.165, 1.54) is 0 Å². The highest BCUT2D eigenvalue weighted by atomic mass is 32.2. The van der Waals surface area contributed by atoms with Crippen LogP contribution in [0.5, 0.6) is 0 Å². The van der Waals surface area contributed by atoms with Gasteiger partial charge >= 0.3 is 0 Å². The summed E-state index contributed by atoms with van der Waals surface area (Å²) < 4.78 is 24.9. The zero-order valence-electron chi connectivity index (χ0n) is 10.9. The molecule has 0 saturated carbocycles. The van der Waals surface area contributed by atoms with Crippen molar-refractivity contribution in [3.05, 3.63) is 35.4 Å². The zero-order valence-corrected chi connectivity index (χ0v) is 11.7. The monoisotopic (exact) mass is 267 g/mol. The second-order valence-electron chi connectivity index (χ2n) is 5.04. The second kappa shape index (κ2) is 5.85. The van der Waals surface area contributed by atoms with Gasteiger partial charge in [0.05, 0.1) is 11.0 Å². The van der Waals surface area contributed by atoms with Crippen molar-refractivity contribution in [2.45, 2.75) is 37.2 Å². The second-order valence-corrected chi connectivity index (χ2v) is 7.32. The van der Waals surface area contributed by atoms with Crippen LogP contribution in [-0.4, -0.2) is 26.8 Å². The van der Waals surface area contributed by atoms with E-state index in [1.54, 1.807) is 0 Å². The molecule has 1 N–H and O–H groups in total. The van der Waals surface area contributed by atoms with Gasteiger partial charge in [-0.05, 0) is 50.4 Å². The number of hydrogen-bond acceptors (Lipinski definition) is 3. The lowest BCUT2D eigenvalue weighted by Crippen LogP contribution is -2.24. The first-order valence-electron chi connectivity index (χ1n) is 6.56. The van der Waals surface area contributed by atoms with Gasteiger partial charge in [-0.2, -0.15) is 0 Å². The lowest BCUT2D eigenvalue weighted by atomic mass is 10.1. The van der Waals surface area contributed by atoms with Crippen LogP contribution in [0, 0.1) is 6.92 Å². The van der Waals surface area contributed by atoms with Crippen molar-refractivity contribution in [2.75, 3.05) is 13.1 Å². The number of benzene rings is 1. The van der Waals surface area contributed by atoms with Crippen molar-refractivity contribution >= 4 is 9.84 Å². The number of hydrogen-bond donors (Lipinski definition) is 1. The topological polar surface area (TPSA) is 46.2 Å². The maximum absolute atomic E-state index is 12.4. The molecule has 1 atom stereocenters. The molecule has 0 amide bonds. The van der Waals surface area contributed by atoms with E-state index in [0.29, 0.717) is 0 Å². The minimum absolute atomic E-state index is 0.174. The Morgan fingerprint density at radius 3 is 2.78 bits per heavy atom. The van der Waals surface area contributed by atoms with E-state index in [4.69, 9.17) is 0 Å². The lowest BCUT2D eigenvalue weighted by Gasteiger charge is -2.15. The molecule has 1 saturated heterocycles. The minimum atomic E-state index is -3.02. The lowest BCUT2D eigenvalue weighted by molar-refractivity contribution is 0.565. The summed E-state index contributed by atoms with van der Waals surface area (Å²) in [7, 11) is -3.02. The van der Waals surface area contributed by atoms with E-state index in [1.807, 2.05) is 31.2 Å². The highest BCUT2D eigenvalue weighted by Gasteiger charge is 2.26. The van der Waals surface area contributed by atoms with Crippen molar-refractivity contribution in [1.82, 2.24) is 5.32 Å². The molecule has 0 spiro atoms. The molecule has 4 heteroatoms. The Hall–Kier alpha value is -0.870. The van der Waals surface area contributed by atoms with E-state index >= 15 is 0 Å². The van der Waals surface area contributed by atoms with E-state index in [9.17, 15) is 8.42 Å². The van der Waals surface area contributed by atoms with Crippen molar-refractivity contribution in [3.63, 3.8) is 0 Å². The zero-order chi connectivity index (χ0) is 13.0. The SMILES string of the molecule is Cc1ccccc1CS(=O)(=O)C1CCCNCC1. The van der Waals surface area contributed by atoms with Crippen molar-refractivity contribution in [1.29, 1.82) is 0 Å². The van der Waals surface area contributed by atoms with Gasteiger partial charge in [0, 0.05) is 0 Å². The maximum atomic E-state index is 12.4. The Morgan fingerprint density at radius 2 is 2.00 bits per heavy atom.